The van der Waals surface area contributed by atoms with Crippen LogP contribution in [-0.4, -0.2) is 51.4 Å². The van der Waals surface area contributed by atoms with Gasteiger partial charge in [-0.15, -0.1) is 0 Å². The van der Waals surface area contributed by atoms with E-state index in [0.29, 0.717) is 4.47 Å². The van der Waals surface area contributed by atoms with Gasteiger partial charge in [0, 0.05) is 7.05 Å². The maximum atomic E-state index is 12.2. The number of nitrogens with zero attached hydrogens (tertiary/aromatic N) is 1. The second-order valence-corrected chi connectivity index (χ2v) is 7.77. The van der Waals surface area contributed by atoms with Crippen molar-refractivity contribution in [3.63, 3.8) is 0 Å². The highest BCUT2D eigenvalue weighted by Crippen LogP contribution is 2.16. The van der Waals surface area contributed by atoms with E-state index in [2.05, 4.69) is 10.2 Å². The van der Waals surface area contributed by atoms with Crippen molar-refractivity contribution < 1.29 is 32.4 Å². The normalized spacial score (nSPS) is 11.1. The largest absolute Gasteiger partial charge is 0.452 e. The van der Waals surface area contributed by atoms with Crippen molar-refractivity contribution in [1.29, 1.82) is 0 Å². The van der Waals surface area contributed by atoms with E-state index < -0.39 is 34.4 Å². The lowest BCUT2D eigenvalue weighted by atomic mass is 10.1. The first-order chi connectivity index (χ1) is 13.7. The van der Waals surface area contributed by atoms with Crippen LogP contribution in [-0.2, 0) is 35.6 Å². The molecule has 0 heterocycles. The molecule has 0 fully saturated rings. The van der Waals surface area contributed by atoms with Crippen molar-refractivity contribution in [3.05, 3.63) is 65.7 Å². The molecule has 0 saturated heterocycles. The summed E-state index contributed by atoms with van der Waals surface area (Å²) in [6, 6.07) is 13.9. The van der Waals surface area contributed by atoms with Gasteiger partial charge in [-0.05, 0) is 23.8 Å². The van der Waals surface area contributed by atoms with E-state index in [4.69, 9.17) is 4.74 Å². The molecule has 2 aromatic rings. The van der Waals surface area contributed by atoms with E-state index in [1.54, 1.807) is 30.3 Å². The van der Waals surface area contributed by atoms with Crippen LogP contribution in [0.2, 0.25) is 0 Å². The van der Waals surface area contributed by atoms with Crippen LogP contribution < -0.4 is 5.32 Å². The summed E-state index contributed by atoms with van der Waals surface area (Å²) in [6.45, 7) is -0.686. The van der Waals surface area contributed by atoms with Gasteiger partial charge in [-0.1, -0.05) is 40.9 Å². The van der Waals surface area contributed by atoms with Crippen molar-refractivity contribution in [2.45, 2.75) is 11.3 Å². The van der Waals surface area contributed by atoms with Crippen LogP contribution in [0.4, 0.5) is 0 Å². The number of hydroxylamine groups is 1. The van der Waals surface area contributed by atoms with Crippen molar-refractivity contribution >= 4 is 27.8 Å². The number of hydrogen-bond donors (Lipinski definition) is 1. The van der Waals surface area contributed by atoms with Gasteiger partial charge >= 0.3 is 5.97 Å². The Morgan fingerprint density at radius 1 is 1.00 bits per heavy atom. The lowest BCUT2D eigenvalue weighted by Crippen LogP contribution is -2.35. The van der Waals surface area contributed by atoms with Gasteiger partial charge < -0.3 is 4.74 Å². The van der Waals surface area contributed by atoms with Gasteiger partial charge in [0.25, 0.3) is 15.9 Å². The Kier molecular flexibility index (Phi) is 7.59. The molecule has 0 atom stereocenters. The molecule has 0 unspecified atom stereocenters. The highest BCUT2D eigenvalue weighted by Gasteiger charge is 2.22. The average molecular weight is 420 g/mol. The van der Waals surface area contributed by atoms with Gasteiger partial charge in [0.2, 0.25) is 5.91 Å². The monoisotopic (exact) mass is 420 g/mol. The standard InChI is InChI=1S/C19H20N2O7S/c1-21(27-2)29(25,26)16-10-6-9-15(12-16)19(24)28-13-18(23)20-17(22)11-14-7-4-3-5-8-14/h3-10,12H,11,13H2,1-2H3,(H,20,22,23). The number of amides is 2. The Morgan fingerprint density at radius 2 is 1.69 bits per heavy atom. The maximum absolute atomic E-state index is 12.2. The fourth-order valence-corrected chi connectivity index (χ4v) is 3.28. The molecule has 0 radical (unpaired) electrons. The summed E-state index contributed by atoms with van der Waals surface area (Å²) in [4.78, 5) is 40.2. The smallest absolute Gasteiger partial charge is 0.338 e. The van der Waals surface area contributed by atoms with Gasteiger partial charge in [-0.3, -0.25) is 19.7 Å². The molecular weight excluding hydrogens is 400 g/mol. The highest BCUT2D eigenvalue weighted by atomic mass is 32.2. The van der Waals surface area contributed by atoms with Gasteiger partial charge in [0.15, 0.2) is 6.61 Å². The molecule has 2 aromatic carbocycles. The number of hydrogen-bond acceptors (Lipinski definition) is 7. The molecular formula is C19H20N2O7S. The Balaban J connectivity index is 1.93. The minimum Gasteiger partial charge on any atom is -0.452 e. The zero-order valence-corrected chi connectivity index (χ0v) is 16.6. The molecule has 0 aliphatic rings. The third kappa shape index (κ3) is 6.21. The third-order valence-electron chi connectivity index (χ3n) is 3.78. The number of sulfonamides is 1. The van der Waals surface area contributed by atoms with Gasteiger partial charge in [0.05, 0.1) is 24.0 Å². The van der Waals surface area contributed by atoms with Crippen molar-refractivity contribution in [2.24, 2.45) is 0 Å². The molecule has 10 heteroatoms. The quantitative estimate of drug-likeness (QED) is 0.498. The zero-order chi connectivity index (χ0) is 21.4. The topological polar surface area (TPSA) is 119 Å². The number of nitrogens with one attached hydrogen (secondary N) is 1. The summed E-state index contributed by atoms with van der Waals surface area (Å²) in [5.41, 5.74) is 0.660. The van der Waals surface area contributed by atoms with E-state index in [-0.39, 0.29) is 16.9 Å². The van der Waals surface area contributed by atoms with Crippen LogP contribution in [0.5, 0.6) is 0 Å². The molecule has 0 aromatic heterocycles. The van der Waals surface area contributed by atoms with E-state index in [1.807, 2.05) is 0 Å². The Hall–Kier alpha value is -3.08. The van der Waals surface area contributed by atoms with Crippen LogP contribution in [0, 0.1) is 0 Å². The summed E-state index contributed by atoms with van der Waals surface area (Å²) in [6.07, 6.45) is 0.00739. The molecule has 29 heavy (non-hydrogen) atoms. The second kappa shape index (κ2) is 9.92. The molecule has 0 aliphatic carbocycles. The second-order valence-electron chi connectivity index (χ2n) is 5.84. The Bertz CT molecular complexity index is 991. The first kappa shape index (κ1) is 22.2. The van der Waals surface area contributed by atoms with Crippen LogP contribution in [0.25, 0.3) is 0 Å². The number of esters is 1. The van der Waals surface area contributed by atoms with E-state index in [1.165, 1.54) is 32.4 Å². The molecule has 1 N–H and O–H groups in total. The maximum Gasteiger partial charge on any atom is 0.338 e. The van der Waals surface area contributed by atoms with Crippen LogP contribution >= 0.6 is 0 Å². The van der Waals surface area contributed by atoms with Crippen molar-refractivity contribution in [1.82, 2.24) is 9.79 Å². The number of imide groups is 1. The Morgan fingerprint density at radius 3 is 2.34 bits per heavy atom. The summed E-state index contributed by atoms with van der Waals surface area (Å²) in [5, 5.41) is 2.12. The first-order valence-electron chi connectivity index (χ1n) is 8.41. The number of carbonyl (C=O) groups excluding carboxylic acids is 3. The number of benzene rings is 2. The summed E-state index contributed by atoms with van der Waals surface area (Å²) < 4.78 is 29.9. The first-order valence-corrected chi connectivity index (χ1v) is 9.85. The summed E-state index contributed by atoms with van der Waals surface area (Å²) >= 11 is 0. The fraction of sp³-hybridized carbons (Fsp3) is 0.211. The minimum absolute atomic E-state index is 0.00739. The molecule has 0 aliphatic heterocycles. The summed E-state index contributed by atoms with van der Waals surface area (Å²) in [5.74, 6) is -2.23. The lowest BCUT2D eigenvalue weighted by molar-refractivity contribution is -0.132. The Labute approximate surface area is 168 Å². The SMILES string of the molecule is CON(C)S(=O)(=O)c1cccc(C(=O)OCC(=O)NC(=O)Cc2ccccc2)c1. The van der Waals surface area contributed by atoms with Crippen molar-refractivity contribution in [2.75, 3.05) is 20.8 Å². The van der Waals surface area contributed by atoms with E-state index in [9.17, 15) is 22.8 Å². The molecule has 2 amide bonds. The molecule has 154 valence electrons. The fourth-order valence-electron chi connectivity index (χ4n) is 2.26. The predicted molar refractivity (Wildman–Crippen MR) is 102 cm³/mol. The molecule has 9 nitrogen and oxygen atoms in total. The van der Waals surface area contributed by atoms with Gasteiger partial charge in [0.1, 0.15) is 0 Å². The molecule has 0 spiro atoms. The van der Waals surface area contributed by atoms with Gasteiger partial charge in [-0.2, -0.15) is 0 Å². The van der Waals surface area contributed by atoms with Gasteiger partial charge in [-0.25, -0.2) is 13.2 Å². The molecule has 0 bridgehead atoms. The molecule has 2 rings (SSSR count). The third-order valence-corrected chi connectivity index (χ3v) is 5.46. The molecule has 0 saturated carbocycles. The number of rotatable bonds is 8. The van der Waals surface area contributed by atoms with Crippen LogP contribution in [0.1, 0.15) is 15.9 Å². The van der Waals surface area contributed by atoms with Crippen LogP contribution in [0.15, 0.2) is 59.5 Å². The van der Waals surface area contributed by atoms with Crippen molar-refractivity contribution in [3.8, 4) is 0 Å². The summed E-state index contributed by atoms with van der Waals surface area (Å²) in [7, 11) is -1.55. The highest BCUT2D eigenvalue weighted by molar-refractivity contribution is 7.89. The predicted octanol–water partition coefficient (Wildman–Crippen LogP) is 0.911. The average Bonchev–Trinajstić information content (AvgIpc) is 2.72. The lowest BCUT2D eigenvalue weighted by Gasteiger charge is -2.14. The minimum atomic E-state index is -3.94. The number of carbonyl (C=O) groups is 3. The van der Waals surface area contributed by atoms with E-state index in [0.717, 1.165) is 11.6 Å². The zero-order valence-electron chi connectivity index (χ0n) is 15.8. The number of ether oxygens (including phenoxy) is 1. The van der Waals surface area contributed by atoms with Crippen LogP contribution in [0.3, 0.4) is 0 Å². The van der Waals surface area contributed by atoms with E-state index >= 15 is 0 Å².